The molecule has 104 valence electrons. The predicted molar refractivity (Wildman–Crippen MR) is 78.4 cm³/mol. The summed E-state index contributed by atoms with van der Waals surface area (Å²) in [5, 5.41) is -0.0134. The molecule has 1 fully saturated rings. The van der Waals surface area contributed by atoms with Crippen LogP contribution in [0.4, 0.5) is 4.39 Å². The number of hydrogen-bond donors (Lipinski definition) is 0. The summed E-state index contributed by atoms with van der Waals surface area (Å²) in [7, 11) is 0. The van der Waals surface area contributed by atoms with Crippen molar-refractivity contribution in [2.45, 2.75) is 25.1 Å². The fourth-order valence-corrected chi connectivity index (χ4v) is 2.87. The number of carbonyl (C=O) groups is 1. The molecule has 0 radical (unpaired) electrons. The van der Waals surface area contributed by atoms with Gasteiger partial charge in [-0.2, -0.15) is 0 Å². The predicted octanol–water partition coefficient (Wildman–Crippen LogP) is 4.11. The van der Waals surface area contributed by atoms with Crippen molar-refractivity contribution in [3.05, 3.63) is 34.6 Å². The van der Waals surface area contributed by atoms with Crippen LogP contribution in [-0.4, -0.2) is 28.7 Å². The van der Waals surface area contributed by atoms with Gasteiger partial charge in [-0.15, -0.1) is 0 Å². The molecule has 2 nitrogen and oxygen atoms in total. The topological polar surface area (TPSA) is 20.3 Å². The Morgan fingerprint density at radius 1 is 1.53 bits per heavy atom. The second-order valence-corrected chi connectivity index (χ2v) is 7.09. The normalized spacial score (nSPS) is 22.4. The molecule has 0 bridgehead atoms. The minimum absolute atomic E-state index is 0.0134. The van der Waals surface area contributed by atoms with E-state index in [0.717, 1.165) is 6.42 Å². The molecule has 0 saturated carbocycles. The van der Waals surface area contributed by atoms with E-state index < -0.39 is 5.82 Å². The van der Waals surface area contributed by atoms with Gasteiger partial charge in [-0.25, -0.2) is 4.39 Å². The molecule has 0 spiro atoms. The van der Waals surface area contributed by atoms with Gasteiger partial charge in [-0.1, -0.05) is 47.4 Å². The maximum Gasteiger partial charge on any atom is 0.256 e. The Morgan fingerprint density at radius 3 is 2.84 bits per heavy atom. The van der Waals surface area contributed by atoms with Crippen molar-refractivity contribution in [3.63, 3.8) is 0 Å². The van der Waals surface area contributed by atoms with Gasteiger partial charge in [0.25, 0.3) is 5.91 Å². The SMILES string of the molecule is CC1(C)CN(C(=O)c2cccc(Cl)c2F)CCC1Br. The molecule has 2 rings (SSSR count). The molecule has 1 aliphatic rings. The van der Waals surface area contributed by atoms with E-state index in [1.54, 1.807) is 11.0 Å². The van der Waals surface area contributed by atoms with Crippen LogP contribution in [0.1, 0.15) is 30.6 Å². The molecule has 1 amide bonds. The van der Waals surface area contributed by atoms with Gasteiger partial charge in [0.1, 0.15) is 0 Å². The zero-order valence-electron chi connectivity index (χ0n) is 10.9. The monoisotopic (exact) mass is 347 g/mol. The number of amides is 1. The highest BCUT2D eigenvalue weighted by molar-refractivity contribution is 9.09. The maximum absolute atomic E-state index is 13.9. The number of rotatable bonds is 1. The second-order valence-electron chi connectivity index (χ2n) is 5.57. The number of piperidine rings is 1. The number of halogens is 3. The summed E-state index contributed by atoms with van der Waals surface area (Å²) in [5.74, 6) is -0.916. The van der Waals surface area contributed by atoms with Gasteiger partial charge in [0.15, 0.2) is 5.82 Å². The Morgan fingerprint density at radius 2 is 2.21 bits per heavy atom. The Kier molecular flexibility index (Phi) is 4.21. The van der Waals surface area contributed by atoms with Gasteiger partial charge in [0.05, 0.1) is 10.6 Å². The minimum Gasteiger partial charge on any atom is -0.338 e. The van der Waals surface area contributed by atoms with E-state index in [9.17, 15) is 9.18 Å². The summed E-state index contributed by atoms with van der Waals surface area (Å²) >= 11 is 9.36. The summed E-state index contributed by atoms with van der Waals surface area (Å²) in [5.41, 5.74) is 0.0273. The lowest BCUT2D eigenvalue weighted by Crippen LogP contribution is -2.48. The van der Waals surface area contributed by atoms with Crippen molar-refractivity contribution in [1.82, 2.24) is 4.90 Å². The van der Waals surface area contributed by atoms with Crippen LogP contribution in [0.25, 0.3) is 0 Å². The summed E-state index contributed by atoms with van der Waals surface area (Å²) in [6.45, 7) is 5.43. The van der Waals surface area contributed by atoms with Crippen LogP contribution in [-0.2, 0) is 0 Å². The molecule has 0 N–H and O–H groups in total. The van der Waals surface area contributed by atoms with Gasteiger partial charge < -0.3 is 4.90 Å². The van der Waals surface area contributed by atoms with E-state index in [-0.39, 0.29) is 21.9 Å². The van der Waals surface area contributed by atoms with E-state index in [2.05, 4.69) is 29.8 Å². The lowest BCUT2D eigenvalue weighted by Gasteiger charge is -2.41. The fourth-order valence-electron chi connectivity index (χ4n) is 2.34. The number of likely N-dealkylation sites (tertiary alicyclic amines) is 1. The first kappa shape index (κ1) is 14.8. The molecule has 5 heteroatoms. The highest BCUT2D eigenvalue weighted by Crippen LogP contribution is 2.35. The standard InChI is InChI=1S/C14H16BrClFNO/c1-14(2)8-18(7-6-11(14)15)13(19)9-4-3-5-10(16)12(9)17/h3-5,11H,6-8H2,1-2H3. The molecule has 1 aromatic carbocycles. The first-order valence-electron chi connectivity index (χ1n) is 6.20. The highest BCUT2D eigenvalue weighted by atomic mass is 79.9. The van der Waals surface area contributed by atoms with Crippen LogP contribution in [0.3, 0.4) is 0 Å². The third-order valence-corrected chi connectivity index (χ3v) is 5.56. The molecule has 1 aromatic rings. The van der Waals surface area contributed by atoms with Crippen LogP contribution in [0, 0.1) is 11.2 Å². The Labute approximate surface area is 126 Å². The smallest absolute Gasteiger partial charge is 0.256 e. The van der Waals surface area contributed by atoms with Crippen LogP contribution in [0.5, 0.6) is 0 Å². The molecule has 19 heavy (non-hydrogen) atoms. The first-order valence-corrected chi connectivity index (χ1v) is 7.49. The third-order valence-electron chi connectivity index (χ3n) is 3.57. The summed E-state index contributed by atoms with van der Waals surface area (Å²) in [4.78, 5) is 14.4. The number of alkyl halides is 1. The van der Waals surface area contributed by atoms with Crippen molar-refractivity contribution in [2.24, 2.45) is 5.41 Å². The van der Waals surface area contributed by atoms with Crippen molar-refractivity contribution < 1.29 is 9.18 Å². The zero-order valence-corrected chi connectivity index (χ0v) is 13.3. The van der Waals surface area contributed by atoms with Crippen LogP contribution >= 0.6 is 27.5 Å². The number of carbonyl (C=O) groups excluding carboxylic acids is 1. The first-order chi connectivity index (χ1) is 8.83. The molecule has 0 aliphatic carbocycles. The summed E-state index contributed by atoms with van der Waals surface area (Å²) in [6.07, 6.45) is 0.862. The lowest BCUT2D eigenvalue weighted by molar-refractivity contribution is 0.0597. The molecule has 1 unspecified atom stereocenters. The van der Waals surface area contributed by atoms with E-state index in [0.29, 0.717) is 17.9 Å². The largest absolute Gasteiger partial charge is 0.338 e. The van der Waals surface area contributed by atoms with Crippen molar-refractivity contribution in [2.75, 3.05) is 13.1 Å². The van der Waals surface area contributed by atoms with Gasteiger partial charge in [0.2, 0.25) is 0 Å². The Bertz CT molecular complexity index is 506. The van der Waals surface area contributed by atoms with Gasteiger partial charge in [-0.3, -0.25) is 4.79 Å². The van der Waals surface area contributed by atoms with Crippen LogP contribution < -0.4 is 0 Å². The molecular formula is C14H16BrClFNO. The van der Waals surface area contributed by atoms with E-state index in [1.807, 2.05) is 0 Å². The van der Waals surface area contributed by atoms with Crippen LogP contribution in [0.2, 0.25) is 5.02 Å². The Balaban J connectivity index is 2.23. The van der Waals surface area contributed by atoms with Crippen molar-refractivity contribution in [1.29, 1.82) is 0 Å². The zero-order chi connectivity index (χ0) is 14.2. The number of nitrogens with zero attached hydrogens (tertiary/aromatic N) is 1. The van der Waals surface area contributed by atoms with Crippen LogP contribution in [0.15, 0.2) is 18.2 Å². The fraction of sp³-hybridized carbons (Fsp3) is 0.500. The van der Waals surface area contributed by atoms with Crippen molar-refractivity contribution in [3.8, 4) is 0 Å². The number of benzene rings is 1. The van der Waals surface area contributed by atoms with E-state index in [1.165, 1.54) is 12.1 Å². The molecule has 1 aliphatic heterocycles. The molecule has 1 heterocycles. The molecule has 0 aromatic heterocycles. The van der Waals surface area contributed by atoms with E-state index in [4.69, 9.17) is 11.6 Å². The average Bonchev–Trinajstić information content (AvgIpc) is 2.35. The third kappa shape index (κ3) is 2.95. The minimum atomic E-state index is -0.632. The Hall–Kier alpha value is -0.610. The molecule has 1 saturated heterocycles. The molecule has 1 atom stereocenters. The summed E-state index contributed by atoms with van der Waals surface area (Å²) < 4.78 is 13.9. The van der Waals surface area contributed by atoms with Gasteiger partial charge >= 0.3 is 0 Å². The molecular weight excluding hydrogens is 333 g/mol. The highest BCUT2D eigenvalue weighted by Gasteiger charge is 2.36. The maximum atomic E-state index is 13.9. The van der Waals surface area contributed by atoms with Gasteiger partial charge in [-0.05, 0) is 24.0 Å². The second kappa shape index (κ2) is 5.41. The van der Waals surface area contributed by atoms with E-state index >= 15 is 0 Å². The lowest BCUT2D eigenvalue weighted by atomic mass is 9.84. The van der Waals surface area contributed by atoms with Gasteiger partial charge in [0, 0.05) is 17.9 Å². The average molecular weight is 349 g/mol. The number of hydrogen-bond acceptors (Lipinski definition) is 1. The quantitative estimate of drug-likeness (QED) is 0.699. The summed E-state index contributed by atoms with van der Waals surface area (Å²) in [6, 6.07) is 4.53. The van der Waals surface area contributed by atoms with Crippen molar-refractivity contribution >= 4 is 33.4 Å².